The summed E-state index contributed by atoms with van der Waals surface area (Å²) >= 11 is 0. The summed E-state index contributed by atoms with van der Waals surface area (Å²) in [5, 5.41) is 9.24. The largest absolute Gasteiger partial charge is 0.481 e. The van der Waals surface area contributed by atoms with Crippen LogP contribution in [0.1, 0.15) is 34.3 Å². The maximum absolute atomic E-state index is 12.7. The summed E-state index contributed by atoms with van der Waals surface area (Å²) in [6, 6.07) is 16.4. The number of benzene rings is 1. The lowest BCUT2D eigenvalue weighted by atomic mass is 10.1. The van der Waals surface area contributed by atoms with Crippen LogP contribution in [0.3, 0.4) is 0 Å². The summed E-state index contributed by atoms with van der Waals surface area (Å²) in [5.74, 6) is -0.725. The third-order valence-electron chi connectivity index (χ3n) is 4.43. The van der Waals surface area contributed by atoms with Crippen molar-refractivity contribution in [2.75, 3.05) is 0 Å². The number of furan rings is 1. The number of aliphatic carboxylic acids is 1. The van der Waals surface area contributed by atoms with Crippen LogP contribution in [0.25, 0.3) is 11.3 Å². The molecule has 1 aliphatic heterocycles. The molecule has 0 aliphatic carbocycles. The zero-order chi connectivity index (χ0) is 16.7. The lowest BCUT2D eigenvalue weighted by molar-refractivity contribution is -0.138. The Morgan fingerprint density at radius 2 is 1.83 bits per heavy atom. The molecule has 1 atom stereocenters. The first-order valence-corrected chi connectivity index (χ1v) is 7.77. The van der Waals surface area contributed by atoms with Gasteiger partial charge in [0.05, 0.1) is 11.6 Å². The first kappa shape index (κ1) is 14.5. The number of rotatable bonds is 4. The van der Waals surface area contributed by atoms with E-state index in [0.29, 0.717) is 30.1 Å². The summed E-state index contributed by atoms with van der Waals surface area (Å²) in [6.07, 6.45) is 0.513. The quantitative estimate of drug-likeness (QED) is 0.746. The Bertz CT molecular complexity index is 920. The topological polar surface area (TPSA) is 72.4 Å². The Hall–Kier alpha value is -3.08. The Morgan fingerprint density at radius 1 is 1.04 bits per heavy atom. The van der Waals surface area contributed by atoms with E-state index in [0.717, 1.165) is 5.56 Å². The van der Waals surface area contributed by atoms with Crippen molar-refractivity contribution in [3.8, 4) is 11.3 Å². The second-order valence-corrected chi connectivity index (χ2v) is 5.83. The number of hydrogen-bond donors (Lipinski definition) is 1. The Morgan fingerprint density at radius 3 is 2.58 bits per heavy atom. The van der Waals surface area contributed by atoms with Crippen LogP contribution in [-0.2, 0) is 11.3 Å². The number of ketones is 1. The SMILES string of the molecule is O=C(c1ccc(-c2ccccc2)o1)c1ccc2n1CCC2C(=O)O. The second kappa shape index (κ2) is 5.53. The van der Waals surface area contributed by atoms with Gasteiger partial charge in [0.25, 0.3) is 0 Å². The molecule has 0 saturated carbocycles. The van der Waals surface area contributed by atoms with Gasteiger partial charge in [0, 0.05) is 17.8 Å². The van der Waals surface area contributed by atoms with E-state index in [9.17, 15) is 14.7 Å². The zero-order valence-corrected chi connectivity index (χ0v) is 12.8. The van der Waals surface area contributed by atoms with Gasteiger partial charge in [-0.25, -0.2) is 0 Å². The smallest absolute Gasteiger partial charge is 0.312 e. The van der Waals surface area contributed by atoms with Gasteiger partial charge in [0.2, 0.25) is 5.78 Å². The third kappa shape index (κ3) is 2.25. The fraction of sp³-hybridized carbons (Fsp3) is 0.158. The molecule has 0 saturated heterocycles. The highest BCUT2D eigenvalue weighted by molar-refractivity contribution is 6.06. The van der Waals surface area contributed by atoms with Crippen molar-refractivity contribution >= 4 is 11.8 Å². The van der Waals surface area contributed by atoms with Crippen LogP contribution in [0, 0.1) is 0 Å². The molecular formula is C19H15NO4. The number of carboxylic acids is 1. The Labute approximate surface area is 138 Å². The number of carbonyl (C=O) groups is 2. The van der Waals surface area contributed by atoms with Crippen molar-refractivity contribution in [2.45, 2.75) is 18.9 Å². The van der Waals surface area contributed by atoms with Crippen LogP contribution in [0.15, 0.2) is 59.0 Å². The van der Waals surface area contributed by atoms with Crippen LogP contribution >= 0.6 is 0 Å². The number of hydrogen-bond acceptors (Lipinski definition) is 3. The van der Waals surface area contributed by atoms with Gasteiger partial charge in [-0.05, 0) is 30.7 Å². The number of aromatic nitrogens is 1. The molecule has 0 amide bonds. The second-order valence-electron chi connectivity index (χ2n) is 5.83. The minimum atomic E-state index is -0.852. The van der Waals surface area contributed by atoms with Crippen molar-refractivity contribution in [1.82, 2.24) is 4.57 Å². The van der Waals surface area contributed by atoms with E-state index in [1.807, 2.05) is 30.3 Å². The van der Waals surface area contributed by atoms with Crippen molar-refractivity contribution in [3.05, 3.63) is 71.7 Å². The van der Waals surface area contributed by atoms with E-state index in [2.05, 4.69) is 0 Å². The van der Waals surface area contributed by atoms with Crippen molar-refractivity contribution in [1.29, 1.82) is 0 Å². The first-order valence-electron chi connectivity index (χ1n) is 7.77. The average Bonchev–Trinajstić information content (AvgIpc) is 3.30. The van der Waals surface area contributed by atoms with Gasteiger partial charge >= 0.3 is 5.97 Å². The van der Waals surface area contributed by atoms with Crippen molar-refractivity contribution in [3.63, 3.8) is 0 Å². The molecule has 2 aromatic heterocycles. The molecule has 1 N–H and O–H groups in total. The molecule has 4 rings (SSSR count). The molecule has 0 fully saturated rings. The van der Waals surface area contributed by atoms with Gasteiger partial charge in [0.15, 0.2) is 5.76 Å². The molecule has 0 spiro atoms. The van der Waals surface area contributed by atoms with E-state index >= 15 is 0 Å². The fourth-order valence-corrected chi connectivity index (χ4v) is 3.24. The summed E-state index contributed by atoms with van der Waals surface area (Å²) in [5.41, 5.74) is 2.06. The molecule has 1 aliphatic rings. The number of nitrogens with zero attached hydrogens (tertiary/aromatic N) is 1. The van der Waals surface area contributed by atoms with Gasteiger partial charge in [-0.3, -0.25) is 9.59 Å². The molecule has 3 aromatic rings. The maximum atomic E-state index is 12.7. The molecule has 5 nitrogen and oxygen atoms in total. The number of carbonyl (C=O) groups excluding carboxylic acids is 1. The van der Waals surface area contributed by atoms with Crippen LogP contribution < -0.4 is 0 Å². The minimum absolute atomic E-state index is 0.227. The molecule has 3 heterocycles. The highest BCUT2D eigenvalue weighted by atomic mass is 16.4. The van der Waals surface area contributed by atoms with Crippen molar-refractivity contribution in [2.24, 2.45) is 0 Å². The van der Waals surface area contributed by atoms with Crippen LogP contribution in [0.5, 0.6) is 0 Å². The summed E-state index contributed by atoms with van der Waals surface area (Å²) in [4.78, 5) is 24.0. The molecule has 1 aromatic carbocycles. The molecule has 120 valence electrons. The van der Waals surface area contributed by atoms with E-state index < -0.39 is 11.9 Å². The normalized spacial score (nSPS) is 16.1. The molecule has 0 radical (unpaired) electrons. The zero-order valence-electron chi connectivity index (χ0n) is 12.8. The number of carboxylic acid groups (broad SMARTS) is 1. The third-order valence-corrected chi connectivity index (χ3v) is 4.43. The molecule has 24 heavy (non-hydrogen) atoms. The van der Waals surface area contributed by atoms with Gasteiger partial charge in [-0.2, -0.15) is 0 Å². The fourth-order valence-electron chi connectivity index (χ4n) is 3.24. The molecular weight excluding hydrogens is 306 g/mol. The average molecular weight is 321 g/mol. The summed E-state index contributed by atoms with van der Waals surface area (Å²) in [6.45, 7) is 0.534. The maximum Gasteiger partial charge on any atom is 0.312 e. The van der Waals surface area contributed by atoms with E-state index in [1.54, 1.807) is 28.8 Å². The van der Waals surface area contributed by atoms with Crippen molar-refractivity contribution < 1.29 is 19.1 Å². The summed E-state index contributed by atoms with van der Waals surface area (Å²) in [7, 11) is 0. The first-order chi connectivity index (χ1) is 11.6. The van der Waals surface area contributed by atoms with E-state index in [1.165, 1.54) is 0 Å². The Kier molecular flexibility index (Phi) is 3.34. The highest BCUT2D eigenvalue weighted by Crippen LogP contribution is 2.32. The molecule has 0 bridgehead atoms. The van der Waals surface area contributed by atoms with Crippen LogP contribution in [0.2, 0.25) is 0 Å². The molecule has 1 unspecified atom stereocenters. The molecule has 5 heteroatoms. The van der Waals surface area contributed by atoms with Gasteiger partial charge < -0.3 is 14.1 Å². The minimum Gasteiger partial charge on any atom is -0.481 e. The lowest BCUT2D eigenvalue weighted by Gasteiger charge is -2.04. The predicted molar refractivity (Wildman–Crippen MR) is 87.0 cm³/mol. The summed E-state index contributed by atoms with van der Waals surface area (Å²) < 4.78 is 7.49. The van der Waals surface area contributed by atoms with Gasteiger partial charge in [-0.15, -0.1) is 0 Å². The standard InChI is InChI=1S/C19H15NO4/c21-18(15-7-6-14-13(19(22)23)10-11-20(14)15)17-9-8-16(24-17)12-4-2-1-3-5-12/h1-9,13H,10-11H2,(H,22,23). The van der Waals surface area contributed by atoms with E-state index in [4.69, 9.17) is 4.42 Å². The van der Waals surface area contributed by atoms with Crippen LogP contribution in [-0.4, -0.2) is 21.4 Å². The van der Waals surface area contributed by atoms with Crippen LogP contribution in [0.4, 0.5) is 0 Å². The Balaban J connectivity index is 1.65. The van der Waals surface area contributed by atoms with Gasteiger partial charge in [-0.1, -0.05) is 30.3 Å². The van der Waals surface area contributed by atoms with Gasteiger partial charge in [0.1, 0.15) is 5.76 Å². The van der Waals surface area contributed by atoms with E-state index in [-0.39, 0.29) is 11.5 Å². The lowest BCUT2D eigenvalue weighted by Crippen LogP contribution is -2.09. The number of fused-ring (bicyclic) bond motifs is 1. The monoisotopic (exact) mass is 321 g/mol. The predicted octanol–water partition coefficient (Wildman–Crippen LogP) is 3.55. The highest BCUT2D eigenvalue weighted by Gasteiger charge is 2.32.